The Labute approximate surface area is 126 Å². The Morgan fingerprint density at radius 3 is 2.27 bits per heavy atom. The highest BCUT2D eigenvalue weighted by Crippen LogP contribution is 2.38. The van der Waals surface area contributed by atoms with Gasteiger partial charge in [-0.2, -0.15) is 13.2 Å². The van der Waals surface area contributed by atoms with E-state index in [4.69, 9.17) is 0 Å². The van der Waals surface area contributed by atoms with E-state index in [-0.39, 0.29) is 31.8 Å². The van der Waals surface area contributed by atoms with Crippen molar-refractivity contribution in [2.75, 3.05) is 18.4 Å². The van der Waals surface area contributed by atoms with Gasteiger partial charge in [-0.1, -0.05) is 12.1 Å². The van der Waals surface area contributed by atoms with Crippen LogP contribution in [0.3, 0.4) is 0 Å². The summed E-state index contributed by atoms with van der Waals surface area (Å²) in [6, 6.07) is 7.17. The van der Waals surface area contributed by atoms with Crippen LogP contribution >= 0.6 is 0 Å². The molecule has 1 fully saturated rings. The molecule has 0 saturated carbocycles. The van der Waals surface area contributed by atoms with Crippen LogP contribution in [0.15, 0.2) is 24.3 Å². The van der Waals surface area contributed by atoms with Crippen LogP contribution in [-0.2, 0) is 11.3 Å². The summed E-state index contributed by atoms with van der Waals surface area (Å²) in [5, 5.41) is 12.3. The van der Waals surface area contributed by atoms with Crippen molar-refractivity contribution in [3.8, 4) is 0 Å². The summed E-state index contributed by atoms with van der Waals surface area (Å²) in [6.07, 6.45) is -5.18. The summed E-state index contributed by atoms with van der Waals surface area (Å²) in [5.74, 6) is -0.157. The number of nitrogens with zero attached hydrogens (tertiary/aromatic N) is 1. The number of rotatable bonds is 3. The van der Waals surface area contributed by atoms with Crippen molar-refractivity contribution in [2.24, 2.45) is 0 Å². The van der Waals surface area contributed by atoms with Crippen molar-refractivity contribution in [3.05, 3.63) is 29.8 Å². The second kappa shape index (κ2) is 6.26. The summed E-state index contributed by atoms with van der Waals surface area (Å²) >= 11 is 0. The first kappa shape index (κ1) is 16.8. The fourth-order valence-electron chi connectivity index (χ4n) is 2.52. The zero-order chi connectivity index (χ0) is 16.4. The number of amides is 1. The maximum atomic E-state index is 12.7. The molecule has 1 aromatic carbocycles. The standard InChI is InChI=1S/C15H19F3N2O2/c1-11(21)19-13-4-2-12(3-5-13)10-20-8-6-14(22,7-9-20)15(16,17)18/h2-5,22H,6-10H2,1H3,(H,19,21). The molecule has 0 unspecified atom stereocenters. The lowest BCUT2D eigenvalue weighted by Gasteiger charge is -2.39. The lowest BCUT2D eigenvalue weighted by Crippen LogP contribution is -2.53. The van der Waals surface area contributed by atoms with Gasteiger partial charge in [-0.05, 0) is 30.5 Å². The Balaban J connectivity index is 1.90. The molecular formula is C15H19F3N2O2. The van der Waals surface area contributed by atoms with Gasteiger partial charge in [0.25, 0.3) is 0 Å². The number of halogens is 3. The van der Waals surface area contributed by atoms with Crippen molar-refractivity contribution >= 4 is 11.6 Å². The summed E-state index contributed by atoms with van der Waals surface area (Å²) in [6.45, 7) is 2.34. The minimum absolute atomic E-state index is 0.157. The van der Waals surface area contributed by atoms with E-state index in [1.165, 1.54) is 6.92 Å². The lowest BCUT2D eigenvalue weighted by atomic mass is 9.90. The number of benzene rings is 1. The number of piperidine rings is 1. The number of hydrogen-bond donors (Lipinski definition) is 2. The first-order valence-electron chi connectivity index (χ1n) is 7.08. The molecular weight excluding hydrogens is 297 g/mol. The van der Waals surface area contributed by atoms with Crippen molar-refractivity contribution in [1.82, 2.24) is 4.90 Å². The molecule has 0 atom stereocenters. The number of nitrogens with one attached hydrogen (secondary N) is 1. The number of carbonyl (C=O) groups is 1. The Kier molecular flexibility index (Phi) is 4.77. The second-order valence-electron chi connectivity index (χ2n) is 5.68. The van der Waals surface area contributed by atoms with Gasteiger partial charge >= 0.3 is 6.18 Å². The highest BCUT2D eigenvalue weighted by Gasteiger charge is 2.54. The zero-order valence-electron chi connectivity index (χ0n) is 12.3. The molecule has 1 aromatic rings. The van der Waals surface area contributed by atoms with Gasteiger partial charge in [0.15, 0.2) is 5.60 Å². The fraction of sp³-hybridized carbons (Fsp3) is 0.533. The molecule has 0 spiro atoms. The van der Waals surface area contributed by atoms with Gasteiger partial charge in [-0.25, -0.2) is 0 Å². The fourth-order valence-corrected chi connectivity index (χ4v) is 2.52. The predicted octanol–water partition coefficient (Wildman–Crippen LogP) is 2.53. The van der Waals surface area contributed by atoms with Crippen LogP contribution in [-0.4, -0.2) is 40.8 Å². The third-order valence-corrected chi connectivity index (χ3v) is 3.89. The topological polar surface area (TPSA) is 52.6 Å². The Hall–Kier alpha value is -1.60. The Morgan fingerprint density at radius 2 is 1.82 bits per heavy atom. The minimum Gasteiger partial charge on any atom is -0.380 e. The number of hydrogen-bond acceptors (Lipinski definition) is 3. The van der Waals surface area contributed by atoms with Crippen molar-refractivity contribution in [3.63, 3.8) is 0 Å². The quantitative estimate of drug-likeness (QED) is 0.901. The number of carbonyl (C=O) groups excluding carboxylic acids is 1. The van der Waals surface area contributed by atoms with E-state index in [0.717, 1.165) is 5.56 Å². The van der Waals surface area contributed by atoms with E-state index in [0.29, 0.717) is 12.2 Å². The van der Waals surface area contributed by atoms with E-state index >= 15 is 0 Å². The molecule has 1 amide bonds. The number of likely N-dealkylation sites (tertiary alicyclic amines) is 1. The van der Waals surface area contributed by atoms with E-state index < -0.39 is 11.8 Å². The van der Waals surface area contributed by atoms with E-state index in [2.05, 4.69) is 5.32 Å². The second-order valence-corrected chi connectivity index (χ2v) is 5.68. The molecule has 1 aliphatic rings. The largest absolute Gasteiger partial charge is 0.417 e. The van der Waals surface area contributed by atoms with Crippen molar-refractivity contribution in [1.29, 1.82) is 0 Å². The van der Waals surface area contributed by atoms with E-state index in [9.17, 15) is 23.1 Å². The smallest absolute Gasteiger partial charge is 0.380 e. The molecule has 122 valence electrons. The third kappa shape index (κ3) is 3.98. The van der Waals surface area contributed by atoms with Crippen molar-refractivity contribution in [2.45, 2.75) is 38.1 Å². The summed E-state index contributed by atoms with van der Waals surface area (Å²) < 4.78 is 38.2. The molecule has 4 nitrogen and oxygen atoms in total. The maximum Gasteiger partial charge on any atom is 0.417 e. The highest BCUT2D eigenvalue weighted by molar-refractivity contribution is 5.88. The van der Waals surface area contributed by atoms with Gasteiger partial charge in [-0.15, -0.1) is 0 Å². The first-order chi connectivity index (χ1) is 10.2. The maximum absolute atomic E-state index is 12.7. The summed E-state index contributed by atoms with van der Waals surface area (Å²) in [5.41, 5.74) is -0.924. The van der Waals surface area contributed by atoms with Crippen LogP contribution < -0.4 is 5.32 Å². The molecule has 22 heavy (non-hydrogen) atoms. The molecule has 2 N–H and O–H groups in total. The summed E-state index contributed by atoms with van der Waals surface area (Å²) in [7, 11) is 0. The normalized spacial score (nSPS) is 19.0. The van der Waals surface area contributed by atoms with Gasteiger partial charge < -0.3 is 10.4 Å². The minimum atomic E-state index is -4.57. The molecule has 7 heteroatoms. The molecule has 1 aliphatic heterocycles. The van der Waals surface area contributed by atoms with Gasteiger partial charge in [0.2, 0.25) is 5.91 Å². The van der Waals surface area contributed by atoms with Gasteiger partial charge in [0, 0.05) is 32.2 Å². The van der Waals surface area contributed by atoms with Crippen molar-refractivity contribution < 1.29 is 23.1 Å². The average Bonchev–Trinajstić information content (AvgIpc) is 2.42. The molecule has 0 bridgehead atoms. The molecule has 1 heterocycles. The van der Waals surface area contributed by atoms with Crippen LogP contribution in [0.2, 0.25) is 0 Å². The average molecular weight is 316 g/mol. The van der Waals surface area contributed by atoms with Crippen LogP contribution in [0, 0.1) is 0 Å². The molecule has 0 aromatic heterocycles. The first-order valence-corrected chi connectivity index (χ1v) is 7.08. The molecule has 0 radical (unpaired) electrons. The summed E-state index contributed by atoms with van der Waals surface area (Å²) in [4.78, 5) is 12.8. The highest BCUT2D eigenvalue weighted by atomic mass is 19.4. The third-order valence-electron chi connectivity index (χ3n) is 3.89. The number of alkyl halides is 3. The molecule has 2 rings (SSSR count). The van der Waals surface area contributed by atoms with Crippen LogP contribution in [0.5, 0.6) is 0 Å². The number of aliphatic hydroxyl groups is 1. The lowest BCUT2D eigenvalue weighted by molar-refractivity contribution is -0.272. The monoisotopic (exact) mass is 316 g/mol. The number of anilines is 1. The van der Waals surface area contributed by atoms with E-state index in [1.807, 2.05) is 17.0 Å². The van der Waals surface area contributed by atoms with Crippen LogP contribution in [0.1, 0.15) is 25.3 Å². The zero-order valence-corrected chi connectivity index (χ0v) is 12.3. The van der Waals surface area contributed by atoms with Crippen LogP contribution in [0.4, 0.5) is 18.9 Å². The predicted molar refractivity (Wildman–Crippen MR) is 76.3 cm³/mol. The Bertz CT molecular complexity index is 521. The van der Waals surface area contributed by atoms with E-state index in [1.54, 1.807) is 12.1 Å². The van der Waals surface area contributed by atoms with Crippen LogP contribution in [0.25, 0.3) is 0 Å². The SMILES string of the molecule is CC(=O)Nc1ccc(CN2CCC(O)(C(F)(F)F)CC2)cc1. The van der Waals surface area contributed by atoms with Gasteiger partial charge in [-0.3, -0.25) is 9.69 Å². The molecule has 1 saturated heterocycles. The van der Waals surface area contributed by atoms with Gasteiger partial charge in [0.05, 0.1) is 0 Å². The van der Waals surface area contributed by atoms with Gasteiger partial charge in [0.1, 0.15) is 0 Å². The molecule has 0 aliphatic carbocycles. The Morgan fingerprint density at radius 1 is 1.27 bits per heavy atom.